The van der Waals surface area contributed by atoms with Crippen LogP contribution in [0.1, 0.15) is 11.5 Å². The highest BCUT2D eigenvalue weighted by Crippen LogP contribution is 2.30. The third-order valence-corrected chi connectivity index (χ3v) is 1.13. The maximum absolute atomic E-state index is 11.9. The van der Waals surface area contributed by atoms with Crippen LogP contribution in [-0.2, 0) is 6.18 Å². The highest BCUT2D eigenvalue weighted by atomic mass is 19.4. The second-order valence-corrected chi connectivity index (χ2v) is 2.01. The van der Waals surface area contributed by atoms with E-state index in [1.807, 2.05) is 0 Å². The van der Waals surface area contributed by atoms with Crippen LogP contribution < -0.4 is 0 Å². The summed E-state index contributed by atoms with van der Waals surface area (Å²) in [5.41, 5.74) is 0. The van der Waals surface area contributed by atoms with E-state index in [1.54, 1.807) is 0 Å². The van der Waals surface area contributed by atoms with E-state index in [2.05, 4.69) is 10.3 Å². The largest absolute Gasteiger partial charge is 0.455 e. The normalized spacial score (nSPS) is 11.2. The summed E-state index contributed by atoms with van der Waals surface area (Å²) in [7, 11) is 0. The lowest BCUT2D eigenvalue weighted by atomic mass is 10.3. The zero-order valence-electron chi connectivity index (χ0n) is 5.85. The fourth-order valence-corrected chi connectivity index (χ4v) is 0.665. The molecule has 0 atom stereocenters. The standard InChI is InChI=1S/C8H4F3O/c1-2-3-6-4-5-7(12-6)8(9,10)11/h1,3-5H. The van der Waals surface area contributed by atoms with Crippen LogP contribution in [-0.4, -0.2) is 0 Å². The minimum absolute atomic E-state index is 0.0322. The maximum Gasteiger partial charge on any atom is 0.449 e. The van der Waals surface area contributed by atoms with Crippen molar-refractivity contribution in [1.82, 2.24) is 0 Å². The van der Waals surface area contributed by atoms with E-state index in [1.165, 1.54) is 6.07 Å². The van der Waals surface area contributed by atoms with E-state index >= 15 is 0 Å². The average Bonchev–Trinajstić information content (AvgIpc) is 2.35. The Balaban J connectivity index is 2.86. The summed E-state index contributed by atoms with van der Waals surface area (Å²) < 4.78 is 40.0. The molecule has 0 N–H and O–H groups in total. The highest BCUT2D eigenvalue weighted by Gasteiger charge is 2.34. The van der Waals surface area contributed by atoms with Crippen molar-refractivity contribution in [2.45, 2.75) is 6.18 Å². The van der Waals surface area contributed by atoms with Crippen LogP contribution in [0.25, 0.3) is 0 Å². The molecule has 0 saturated carbocycles. The summed E-state index contributed by atoms with van der Waals surface area (Å²) in [6.45, 7) is 0. The van der Waals surface area contributed by atoms with E-state index in [0.29, 0.717) is 0 Å². The molecule has 4 heteroatoms. The lowest BCUT2D eigenvalue weighted by Crippen LogP contribution is -2.01. The molecule has 1 nitrogen and oxygen atoms in total. The first-order valence-corrected chi connectivity index (χ1v) is 3.00. The lowest BCUT2D eigenvalue weighted by molar-refractivity contribution is -0.153. The zero-order chi connectivity index (χ0) is 9.19. The first-order valence-electron chi connectivity index (χ1n) is 3.00. The minimum Gasteiger partial charge on any atom is -0.455 e. The number of alkyl halides is 3. The van der Waals surface area contributed by atoms with Crippen molar-refractivity contribution in [1.29, 1.82) is 0 Å². The lowest BCUT2D eigenvalue weighted by Gasteiger charge is -1.99. The Labute approximate surface area is 67.2 Å². The molecule has 0 unspecified atom stereocenters. The van der Waals surface area contributed by atoms with Crippen molar-refractivity contribution in [3.8, 4) is 12.3 Å². The molecule has 1 radical (unpaired) electrons. The quantitative estimate of drug-likeness (QED) is 0.594. The molecule has 0 spiro atoms. The fraction of sp³-hybridized carbons (Fsp3) is 0.125. The molecule has 12 heavy (non-hydrogen) atoms. The Morgan fingerprint density at radius 2 is 2.08 bits per heavy atom. The van der Waals surface area contributed by atoms with Crippen molar-refractivity contribution in [3.63, 3.8) is 0 Å². The Morgan fingerprint density at radius 3 is 2.50 bits per heavy atom. The van der Waals surface area contributed by atoms with Crippen LogP contribution in [0.3, 0.4) is 0 Å². The topological polar surface area (TPSA) is 13.1 Å². The molecule has 0 aliphatic carbocycles. The number of hydrogen-bond donors (Lipinski definition) is 0. The van der Waals surface area contributed by atoms with E-state index in [4.69, 9.17) is 6.42 Å². The second-order valence-electron chi connectivity index (χ2n) is 2.01. The molecule has 0 aromatic carbocycles. The highest BCUT2D eigenvalue weighted by molar-refractivity contribution is 5.24. The van der Waals surface area contributed by atoms with Gasteiger partial charge in [0.25, 0.3) is 0 Å². The van der Waals surface area contributed by atoms with E-state index < -0.39 is 11.9 Å². The van der Waals surface area contributed by atoms with Crippen molar-refractivity contribution < 1.29 is 17.6 Å². The Kier molecular flexibility index (Phi) is 2.13. The summed E-state index contributed by atoms with van der Waals surface area (Å²) in [4.78, 5) is 0. The molecule has 0 fully saturated rings. The van der Waals surface area contributed by atoms with Gasteiger partial charge in [-0.25, -0.2) is 0 Å². The van der Waals surface area contributed by atoms with Gasteiger partial charge in [0.1, 0.15) is 5.76 Å². The van der Waals surface area contributed by atoms with E-state index in [0.717, 1.165) is 12.5 Å². The first-order chi connectivity index (χ1) is 5.54. The van der Waals surface area contributed by atoms with Gasteiger partial charge in [0.2, 0.25) is 5.76 Å². The molecule has 1 aromatic rings. The van der Waals surface area contributed by atoms with Crippen LogP contribution in [0.5, 0.6) is 0 Å². The summed E-state index contributed by atoms with van der Waals surface area (Å²) in [5, 5.41) is 0. The molecule has 0 aliphatic rings. The molecular formula is C8H4F3O. The number of rotatable bonds is 1. The molecule has 0 bridgehead atoms. The SMILES string of the molecule is C#C[CH]c1ccc(C(F)(F)F)o1. The molecule has 0 saturated heterocycles. The number of hydrogen-bond acceptors (Lipinski definition) is 1. The monoisotopic (exact) mass is 173 g/mol. The van der Waals surface area contributed by atoms with Crippen molar-refractivity contribution in [2.75, 3.05) is 0 Å². The van der Waals surface area contributed by atoms with Gasteiger partial charge in [0.15, 0.2) is 0 Å². The van der Waals surface area contributed by atoms with Gasteiger partial charge in [0, 0.05) is 0 Å². The van der Waals surface area contributed by atoms with Gasteiger partial charge in [-0.1, -0.05) is 5.92 Å². The van der Waals surface area contributed by atoms with Gasteiger partial charge in [-0.15, -0.1) is 6.42 Å². The smallest absolute Gasteiger partial charge is 0.449 e. The third-order valence-electron chi connectivity index (χ3n) is 1.13. The Morgan fingerprint density at radius 1 is 1.42 bits per heavy atom. The van der Waals surface area contributed by atoms with Crippen LogP contribution in [0.4, 0.5) is 13.2 Å². The second kappa shape index (κ2) is 2.94. The van der Waals surface area contributed by atoms with Crippen molar-refractivity contribution in [3.05, 3.63) is 30.1 Å². The summed E-state index contributed by atoms with van der Waals surface area (Å²) in [6, 6.07) is 2.01. The van der Waals surface area contributed by atoms with E-state index in [-0.39, 0.29) is 5.76 Å². The van der Waals surface area contributed by atoms with Crippen LogP contribution in [0.15, 0.2) is 16.5 Å². The van der Waals surface area contributed by atoms with Gasteiger partial charge in [-0.2, -0.15) is 13.2 Å². The molecule has 1 aromatic heterocycles. The zero-order valence-corrected chi connectivity index (χ0v) is 5.85. The predicted molar refractivity (Wildman–Crippen MR) is 35.9 cm³/mol. The summed E-state index contributed by atoms with van der Waals surface area (Å²) in [5.74, 6) is 1.06. The van der Waals surface area contributed by atoms with Gasteiger partial charge in [-0.3, -0.25) is 0 Å². The Hall–Kier alpha value is -1.37. The van der Waals surface area contributed by atoms with Crippen LogP contribution in [0, 0.1) is 18.8 Å². The average molecular weight is 173 g/mol. The molecule has 0 aliphatic heterocycles. The third kappa shape index (κ3) is 1.82. The minimum atomic E-state index is -4.44. The molecular weight excluding hydrogens is 169 g/mol. The van der Waals surface area contributed by atoms with Gasteiger partial charge >= 0.3 is 6.18 Å². The molecule has 1 rings (SSSR count). The van der Waals surface area contributed by atoms with Crippen LogP contribution >= 0.6 is 0 Å². The Bertz CT molecular complexity index is 303. The van der Waals surface area contributed by atoms with E-state index in [9.17, 15) is 13.2 Å². The summed E-state index contributed by atoms with van der Waals surface area (Å²) in [6.07, 6.45) is 1.51. The molecule has 63 valence electrons. The predicted octanol–water partition coefficient (Wildman–Crippen LogP) is 2.48. The number of furan rings is 1. The molecule has 1 heterocycles. The first kappa shape index (κ1) is 8.72. The number of halogens is 3. The van der Waals surface area contributed by atoms with Crippen molar-refractivity contribution in [2.24, 2.45) is 0 Å². The van der Waals surface area contributed by atoms with Gasteiger partial charge in [0.05, 0.1) is 6.42 Å². The van der Waals surface area contributed by atoms with Gasteiger partial charge < -0.3 is 4.42 Å². The fourth-order valence-electron chi connectivity index (χ4n) is 0.665. The van der Waals surface area contributed by atoms with Crippen LogP contribution in [0.2, 0.25) is 0 Å². The maximum atomic E-state index is 11.9. The molecule has 0 amide bonds. The van der Waals surface area contributed by atoms with Crippen molar-refractivity contribution >= 4 is 0 Å². The number of terminal acetylenes is 1. The van der Waals surface area contributed by atoms with Gasteiger partial charge in [-0.05, 0) is 12.1 Å². The summed E-state index contributed by atoms with van der Waals surface area (Å²) >= 11 is 0.